The van der Waals surface area contributed by atoms with Gasteiger partial charge < -0.3 is 15.0 Å². The van der Waals surface area contributed by atoms with Crippen molar-refractivity contribution in [2.45, 2.75) is 77.5 Å². The van der Waals surface area contributed by atoms with E-state index in [4.69, 9.17) is 4.74 Å². The number of hydrogen-bond donors (Lipinski definition) is 1. The van der Waals surface area contributed by atoms with Crippen LogP contribution < -0.4 is 5.32 Å². The van der Waals surface area contributed by atoms with E-state index < -0.39 is 5.60 Å². The summed E-state index contributed by atoms with van der Waals surface area (Å²) in [5, 5.41) is 3.19. The Morgan fingerprint density at radius 1 is 1.03 bits per heavy atom. The number of benzene rings is 1. The first-order valence-electron chi connectivity index (χ1n) is 11.8. The molecule has 0 saturated carbocycles. The Morgan fingerprint density at radius 3 is 2.42 bits per heavy atom. The Labute approximate surface area is 187 Å². The molecule has 2 saturated heterocycles. The molecule has 3 rings (SSSR count). The fraction of sp³-hybridized carbons (Fsp3) is 0.680. The summed E-state index contributed by atoms with van der Waals surface area (Å²) in [6.07, 6.45) is 5.62. The molecule has 2 heterocycles. The number of piperidine rings is 2. The maximum Gasteiger partial charge on any atom is 0.410 e. The SMILES string of the molecule is CC(C)(C)OC(=O)N1CCC(CC(=O)NCC2CCCCN2Cc2ccccc2)CC1. The summed E-state index contributed by atoms with van der Waals surface area (Å²) in [7, 11) is 0. The summed E-state index contributed by atoms with van der Waals surface area (Å²) in [4.78, 5) is 29.1. The third kappa shape index (κ3) is 7.84. The molecule has 0 bridgehead atoms. The molecule has 0 aromatic heterocycles. The van der Waals surface area contributed by atoms with Gasteiger partial charge in [0.05, 0.1) is 0 Å². The van der Waals surface area contributed by atoms with E-state index in [1.807, 2.05) is 20.8 Å². The molecule has 6 nitrogen and oxygen atoms in total. The van der Waals surface area contributed by atoms with Crippen LogP contribution >= 0.6 is 0 Å². The summed E-state index contributed by atoms with van der Waals surface area (Å²) < 4.78 is 5.45. The second-order valence-corrected chi connectivity index (χ2v) is 10.0. The Morgan fingerprint density at radius 2 is 1.74 bits per heavy atom. The lowest BCUT2D eigenvalue weighted by Crippen LogP contribution is -2.46. The van der Waals surface area contributed by atoms with Gasteiger partial charge in [0.25, 0.3) is 0 Å². The van der Waals surface area contributed by atoms with Crippen molar-refractivity contribution in [2.24, 2.45) is 5.92 Å². The molecule has 172 valence electrons. The minimum Gasteiger partial charge on any atom is -0.444 e. The lowest BCUT2D eigenvalue weighted by molar-refractivity contribution is -0.122. The summed E-state index contributed by atoms with van der Waals surface area (Å²) in [6, 6.07) is 11.0. The van der Waals surface area contributed by atoms with Gasteiger partial charge >= 0.3 is 6.09 Å². The number of nitrogens with zero attached hydrogens (tertiary/aromatic N) is 2. The Hall–Kier alpha value is -2.08. The van der Waals surface area contributed by atoms with Crippen LogP contribution in [0.5, 0.6) is 0 Å². The Kier molecular flexibility index (Phi) is 8.35. The van der Waals surface area contributed by atoms with E-state index in [-0.39, 0.29) is 12.0 Å². The van der Waals surface area contributed by atoms with E-state index in [0.29, 0.717) is 31.5 Å². The minimum absolute atomic E-state index is 0.140. The summed E-state index contributed by atoms with van der Waals surface area (Å²) in [6.45, 7) is 9.76. The molecule has 2 aliphatic heterocycles. The van der Waals surface area contributed by atoms with Crippen LogP contribution in [-0.4, -0.2) is 59.6 Å². The third-order valence-corrected chi connectivity index (χ3v) is 6.25. The van der Waals surface area contributed by atoms with Crippen LogP contribution in [0.4, 0.5) is 4.79 Å². The second-order valence-electron chi connectivity index (χ2n) is 10.0. The fourth-order valence-electron chi connectivity index (χ4n) is 4.53. The number of rotatable bonds is 6. The van der Waals surface area contributed by atoms with Crippen molar-refractivity contribution >= 4 is 12.0 Å². The average molecular weight is 430 g/mol. The smallest absolute Gasteiger partial charge is 0.410 e. The molecule has 1 aromatic rings. The van der Waals surface area contributed by atoms with Gasteiger partial charge in [0, 0.05) is 38.6 Å². The zero-order valence-corrected chi connectivity index (χ0v) is 19.4. The standard InChI is InChI=1S/C25H39N3O3/c1-25(2,3)31-24(30)27-15-12-20(13-16-27)17-23(29)26-18-22-11-7-8-14-28(22)19-21-9-5-4-6-10-21/h4-6,9-10,20,22H,7-8,11-19H2,1-3H3,(H,26,29). The van der Waals surface area contributed by atoms with Gasteiger partial charge in [0.15, 0.2) is 0 Å². The van der Waals surface area contributed by atoms with Gasteiger partial charge in [-0.15, -0.1) is 0 Å². The number of carbonyl (C=O) groups excluding carboxylic acids is 2. The summed E-state index contributed by atoms with van der Waals surface area (Å²) in [5.41, 5.74) is 0.860. The normalized spacial score (nSPS) is 21.0. The predicted molar refractivity (Wildman–Crippen MR) is 123 cm³/mol. The number of hydrogen-bond acceptors (Lipinski definition) is 4. The first-order chi connectivity index (χ1) is 14.8. The van der Waals surface area contributed by atoms with Crippen LogP contribution in [0, 0.1) is 5.92 Å². The molecule has 2 amide bonds. The van der Waals surface area contributed by atoms with E-state index in [1.165, 1.54) is 18.4 Å². The molecule has 2 fully saturated rings. The number of likely N-dealkylation sites (tertiary alicyclic amines) is 2. The van der Waals surface area contributed by atoms with E-state index in [9.17, 15) is 9.59 Å². The molecule has 1 atom stereocenters. The molecule has 2 aliphatic rings. The molecule has 0 aliphatic carbocycles. The van der Waals surface area contributed by atoms with E-state index in [0.717, 1.165) is 38.9 Å². The molecule has 1 aromatic carbocycles. The van der Waals surface area contributed by atoms with Crippen LogP contribution in [0.25, 0.3) is 0 Å². The molecule has 0 spiro atoms. The van der Waals surface area contributed by atoms with Crippen molar-refractivity contribution in [3.63, 3.8) is 0 Å². The van der Waals surface area contributed by atoms with Crippen LogP contribution in [-0.2, 0) is 16.1 Å². The predicted octanol–water partition coefficient (Wildman–Crippen LogP) is 4.19. The van der Waals surface area contributed by atoms with Crippen molar-refractivity contribution in [3.05, 3.63) is 35.9 Å². The van der Waals surface area contributed by atoms with Gasteiger partial charge in [-0.3, -0.25) is 9.69 Å². The van der Waals surface area contributed by atoms with Crippen LogP contribution in [0.3, 0.4) is 0 Å². The minimum atomic E-state index is -0.471. The highest BCUT2D eigenvalue weighted by atomic mass is 16.6. The van der Waals surface area contributed by atoms with Gasteiger partial charge in [-0.05, 0) is 64.5 Å². The maximum absolute atomic E-state index is 12.6. The van der Waals surface area contributed by atoms with Crippen LogP contribution in [0.15, 0.2) is 30.3 Å². The van der Waals surface area contributed by atoms with Crippen molar-refractivity contribution in [2.75, 3.05) is 26.2 Å². The fourth-order valence-corrected chi connectivity index (χ4v) is 4.53. The van der Waals surface area contributed by atoms with Crippen LogP contribution in [0.2, 0.25) is 0 Å². The largest absolute Gasteiger partial charge is 0.444 e. The molecular weight excluding hydrogens is 390 g/mol. The quantitative estimate of drug-likeness (QED) is 0.736. The highest BCUT2D eigenvalue weighted by Gasteiger charge is 2.28. The lowest BCUT2D eigenvalue weighted by Gasteiger charge is -2.36. The van der Waals surface area contributed by atoms with Crippen LogP contribution in [0.1, 0.15) is 64.9 Å². The van der Waals surface area contributed by atoms with Gasteiger partial charge in [0.1, 0.15) is 5.60 Å². The second kappa shape index (κ2) is 11.0. The van der Waals surface area contributed by atoms with E-state index in [1.54, 1.807) is 4.90 Å². The monoisotopic (exact) mass is 429 g/mol. The number of nitrogens with one attached hydrogen (secondary N) is 1. The molecule has 1 unspecified atom stereocenters. The molecule has 6 heteroatoms. The zero-order chi connectivity index (χ0) is 22.3. The first kappa shape index (κ1) is 23.6. The average Bonchev–Trinajstić information content (AvgIpc) is 2.73. The van der Waals surface area contributed by atoms with Gasteiger partial charge in [-0.2, -0.15) is 0 Å². The lowest BCUT2D eigenvalue weighted by atomic mass is 9.93. The van der Waals surface area contributed by atoms with Crippen molar-refractivity contribution in [1.29, 1.82) is 0 Å². The van der Waals surface area contributed by atoms with Crippen molar-refractivity contribution in [3.8, 4) is 0 Å². The highest BCUT2D eigenvalue weighted by molar-refractivity contribution is 5.76. The Balaban J connectivity index is 1.39. The van der Waals surface area contributed by atoms with Gasteiger partial charge in [-0.1, -0.05) is 36.8 Å². The van der Waals surface area contributed by atoms with E-state index in [2.05, 4.69) is 40.5 Å². The first-order valence-corrected chi connectivity index (χ1v) is 11.8. The van der Waals surface area contributed by atoms with E-state index >= 15 is 0 Å². The number of ether oxygens (including phenoxy) is 1. The molecule has 31 heavy (non-hydrogen) atoms. The molecular formula is C25H39N3O3. The topological polar surface area (TPSA) is 61.9 Å². The summed E-state index contributed by atoms with van der Waals surface area (Å²) in [5.74, 6) is 0.478. The zero-order valence-electron chi connectivity index (χ0n) is 19.4. The molecule has 0 radical (unpaired) electrons. The maximum atomic E-state index is 12.6. The van der Waals surface area contributed by atoms with Crippen molar-refractivity contribution < 1.29 is 14.3 Å². The molecule has 1 N–H and O–H groups in total. The van der Waals surface area contributed by atoms with Gasteiger partial charge in [0.2, 0.25) is 5.91 Å². The number of carbonyl (C=O) groups is 2. The van der Waals surface area contributed by atoms with Crippen molar-refractivity contribution in [1.82, 2.24) is 15.1 Å². The Bertz CT molecular complexity index is 708. The van der Waals surface area contributed by atoms with Gasteiger partial charge in [-0.25, -0.2) is 4.79 Å². The number of amides is 2. The summed E-state index contributed by atoms with van der Waals surface area (Å²) >= 11 is 0. The highest BCUT2D eigenvalue weighted by Crippen LogP contribution is 2.23. The third-order valence-electron chi connectivity index (χ3n) is 6.25.